The summed E-state index contributed by atoms with van der Waals surface area (Å²) in [6.45, 7) is 3.97. The molecule has 130 valence electrons. The minimum atomic E-state index is 0.140. The van der Waals surface area contributed by atoms with E-state index in [0.717, 1.165) is 23.5 Å². The second-order valence-electron chi connectivity index (χ2n) is 6.89. The van der Waals surface area contributed by atoms with Crippen LogP contribution in [-0.4, -0.2) is 15.8 Å². The van der Waals surface area contributed by atoms with E-state index in [1.165, 1.54) is 11.1 Å². The summed E-state index contributed by atoms with van der Waals surface area (Å²) in [5, 5.41) is 3.24. The lowest BCUT2D eigenvalue weighted by molar-refractivity contribution is 0.0962. The Labute approximate surface area is 153 Å². The molecule has 2 aromatic carbocycles. The van der Waals surface area contributed by atoms with Crippen LogP contribution in [0.3, 0.4) is 0 Å². The number of benzene rings is 2. The van der Waals surface area contributed by atoms with E-state index in [2.05, 4.69) is 46.5 Å². The number of nitrogens with one attached hydrogen (secondary N) is 1. The first-order chi connectivity index (χ1) is 12.6. The number of carbonyl (C=O) groups is 1. The van der Waals surface area contributed by atoms with E-state index in [4.69, 9.17) is 0 Å². The molecule has 26 heavy (non-hydrogen) atoms. The van der Waals surface area contributed by atoms with Crippen molar-refractivity contribution in [3.8, 4) is 0 Å². The largest absolute Gasteiger partial charge is 0.324 e. The molecular weight excluding hydrogens is 322 g/mol. The van der Waals surface area contributed by atoms with Crippen LogP contribution < -0.4 is 5.32 Å². The zero-order valence-electron chi connectivity index (χ0n) is 15.0. The van der Waals surface area contributed by atoms with Gasteiger partial charge in [0.2, 0.25) is 5.95 Å². The van der Waals surface area contributed by atoms with Crippen molar-refractivity contribution in [1.29, 1.82) is 0 Å². The SMILES string of the molecule is Cc1cccc([C@H]2CC(=O)c3c(C)nc(Nc4ccccc4)nc3C2)c1. The number of hydrogen-bond acceptors (Lipinski definition) is 4. The molecule has 1 aromatic heterocycles. The zero-order valence-corrected chi connectivity index (χ0v) is 15.0. The molecule has 0 aliphatic heterocycles. The van der Waals surface area contributed by atoms with Crippen LogP contribution >= 0.6 is 0 Å². The Morgan fingerprint density at radius 2 is 1.77 bits per heavy atom. The third-order valence-corrected chi connectivity index (χ3v) is 4.86. The molecule has 4 heteroatoms. The number of para-hydroxylation sites is 1. The average molecular weight is 343 g/mol. The summed E-state index contributed by atoms with van der Waals surface area (Å²) >= 11 is 0. The Hall–Kier alpha value is -3.01. The van der Waals surface area contributed by atoms with Crippen molar-refractivity contribution < 1.29 is 4.79 Å². The second-order valence-corrected chi connectivity index (χ2v) is 6.89. The molecule has 1 N–H and O–H groups in total. The van der Waals surface area contributed by atoms with E-state index in [1.54, 1.807) is 0 Å². The van der Waals surface area contributed by atoms with Gasteiger partial charge in [-0.3, -0.25) is 4.79 Å². The van der Waals surface area contributed by atoms with Crippen molar-refractivity contribution >= 4 is 17.4 Å². The van der Waals surface area contributed by atoms with Crippen LogP contribution in [0.5, 0.6) is 0 Å². The average Bonchev–Trinajstić information content (AvgIpc) is 2.62. The number of aryl methyl sites for hydroxylation is 2. The lowest BCUT2D eigenvalue weighted by Gasteiger charge is -2.25. The number of rotatable bonds is 3. The van der Waals surface area contributed by atoms with Crippen LogP contribution in [0.2, 0.25) is 0 Å². The Morgan fingerprint density at radius 3 is 2.54 bits per heavy atom. The summed E-state index contributed by atoms with van der Waals surface area (Å²) in [4.78, 5) is 21.9. The monoisotopic (exact) mass is 343 g/mol. The van der Waals surface area contributed by atoms with E-state index in [9.17, 15) is 4.79 Å². The van der Waals surface area contributed by atoms with Crippen molar-refractivity contribution in [3.63, 3.8) is 0 Å². The van der Waals surface area contributed by atoms with Crippen LogP contribution in [-0.2, 0) is 6.42 Å². The van der Waals surface area contributed by atoms with E-state index < -0.39 is 0 Å². The van der Waals surface area contributed by atoms with Gasteiger partial charge in [0.15, 0.2) is 5.78 Å². The van der Waals surface area contributed by atoms with Gasteiger partial charge < -0.3 is 5.32 Å². The highest BCUT2D eigenvalue weighted by molar-refractivity contribution is 5.99. The van der Waals surface area contributed by atoms with Crippen LogP contribution in [0.4, 0.5) is 11.6 Å². The molecule has 4 nitrogen and oxygen atoms in total. The van der Waals surface area contributed by atoms with E-state index in [0.29, 0.717) is 17.9 Å². The molecule has 1 atom stereocenters. The molecule has 3 aromatic rings. The highest BCUT2D eigenvalue weighted by atomic mass is 16.1. The second kappa shape index (κ2) is 6.71. The zero-order chi connectivity index (χ0) is 18.1. The van der Waals surface area contributed by atoms with Gasteiger partial charge in [-0.15, -0.1) is 0 Å². The van der Waals surface area contributed by atoms with E-state index in [1.807, 2.05) is 37.3 Å². The van der Waals surface area contributed by atoms with E-state index in [-0.39, 0.29) is 11.7 Å². The predicted molar refractivity (Wildman–Crippen MR) is 103 cm³/mol. The highest BCUT2D eigenvalue weighted by Crippen LogP contribution is 2.33. The number of carbonyl (C=O) groups excluding carboxylic acids is 1. The Morgan fingerprint density at radius 1 is 0.962 bits per heavy atom. The number of nitrogens with zero attached hydrogens (tertiary/aromatic N) is 2. The molecule has 0 radical (unpaired) electrons. The number of Topliss-reactive ketones (excluding diaryl/α,β-unsaturated/α-hetero) is 1. The van der Waals surface area contributed by atoms with Gasteiger partial charge in [0.1, 0.15) is 0 Å². The molecule has 0 bridgehead atoms. The summed E-state index contributed by atoms with van der Waals surface area (Å²) in [5.41, 5.74) is 5.65. The first kappa shape index (κ1) is 16.5. The molecule has 1 aliphatic carbocycles. The number of ketones is 1. The van der Waals surface area contributed by atoms with Crippen molar-refractivity contribution in [2.24, 2.45) is 0 Å². The molecule has 1 heterocycles. The fourth-order valence-electron chi connectivity index (χ4n) is 3.64. The normalized spacial score (nSPS) is 16.2. The lowest BCUT2D eigenvalue weighted by atomic mass is 9.81. The quantitative estimate of drug-likeness (QED) is 0.745. The number of anilines is 2. The number of fused-ring (bicyclic) bond motifs is 1. The lowest BCUT2D eigenvalue weighted by Crippen LogP contribution is -2.22. The Kier molecular flexibility index (Phi) is 4.25. The molecule has 0 spiro atoms. The van der Waals surface area contributed by atoms with Crippen molar-refractivity contribution in [2.75, 3.05) is 5.32 Å². The van der Waals surface area contributed by atoms with Crippen molar-refractivity contribution in [3.05, 3.63) is 82.7 Å². The minimum absolute atomic E-state index is 0.140. The topological polar surface area (TPSA) is 54.9 Å². The molecule has 4 rings (SSSR count). The van der Waals surface area contributed by atoms with Gasteiger partial charge in [0, 0.05) is 12.1 Å². The van der Waals surface area contributed by atoms with E-state index >= 15 is 0 Å². The standard InChI is InChI=1S/C22H21N3O/c1-14-7-6-8-16(11-14)17-12-19-21(20(26)13-17)15(2)23-22(25-19)24-18-9-4-3-5-10-18/h3-11,17H,12-13H2,1-2H3,(H,23,24,25)/t17-/m1/s1. The van der Waals surface area contributed by atoms with Crippen molar-refractivity contribution in [1.82, 2.24) is 9.97 Å². The fraction of sp³-hybridized carbons (Fsp3) is 0.227. The fourth-order valence-corrected chi connectivity index (χ4v) is 3.64. The van der Waals surface area contributed by atoms with Gasteiger partial charge in [-0.05, 0) is 43.9 Å². The molecule has 0 unspecified atom stereocenters. The summed E-state index contributed by atoms with van der Waals surface area (Å²) in [6, 6.07) is 18.2. The first-order valence-corrected chi connectivity index (χ1v) is 8.89. The smallest absolute Gasteiger partial charge is 0.227 e. The summed E-state index contributed by atoms with van der Waals surface area (Å²) in [5.74, 6) is 0.862. The predicted octanol–water partition coefficient (Wildman–Crippen LogP) is 4.75. The molecule has 0 amide bonds. The maximum absolute atomic E-state index is 12.7. The summed E-state index contributed by atoms with van der Waals surface area (Å²) < 4.78 is 0. The third kappa shape index (κ3) is 3.23. The van der Waals surface area contributed by atoms with Gasteiger partial charge in [0.05, 0.1) is 17.0 Å². The van der Waals surface area contributed by atoms with Gasteiger partial charge in [-0.2, -0.15) is 0 Å². The van der Waals surface area contributed by atoms with Crippen LogP contribution in [0.15, 0.2) is 54.6 Å². The van der Waals surface area contributed by atoms with Gasteiger partial charge in [0.25, 0.3) is 0 Å². The van der Waals surface area contributed by atoms with Gasteiger partial charge in [-0.1, -0.05) is 48.0 Å². The molecule has 0 saturated carbocycles. The minimum Gasteiger partial charge on any atom is -0.324 e. The first-order valence-electron chi connectivity index (χ1n) is 8.89. The number of aromatic nitrogens is 2. The van der Waals surface area contributed by atoms with Crippen LogP contribution in [0, 0.1) is 13.8 Å². The maximum Gasteiger partial charge on any atom is 0.227 e. The molecular formula is C22H21N3O. The number of hydrogen-bond donors (Lipinski definition) is 1. The van der Waals surface area contributed by atoms with Crippen LogP contribution in [0.25, 0.3) is 0 Å². The molecule has 0 saturated heterocycles. The molecule has 1 aliphatic rings. The highest BCUT2D eigenvalue weighted by Gasteiger charge is 2.29. The van der Waals surface area contributed by atoms with Gasteiger partial charge in [-0.25, -0.2) is 9.97 Å². The maximum atomic E-state index is 12.7. The van der Waals surface area contributed by atoms with Gasteiger partial charge >= 0.3 is 0 Å². The third-order valence-electron chi connectivity index (χ3n) is 4.86. The Bertz CT molecular complexity index is 966. The summed E-state index contributed by atoms with van der Waals surface area (Å²) in [6.07, 6.45) is 1.28. The van der Waals surface area contributed by atoms with Crippen LogP contribution in [0.1, 0.15) is 45.2 Å². The van der Waals surface area contributed by atoms with Crippen molar-refractivity contribution in [2.45, 2.75) is 32.6 Å². The Balaban J connectivity index is 1.68. The molecule has 0 fully saturated rings. The summed E-state index contributed by atoms with van der Waals surface area (Å²) in [7, 11) is 0.